The molecule has 4 nitrogen and oxygen atoms in total. The van der Waals surface area contributed by atoms with Crippen LogP contribution in [0.5, 0.6) is 0 Å². The van der Waals surface area contributed by atoms with Crippen molar-refractivity contribution in [2.45, 2.75) is 18.3 Å². The van der Waals surface area contributed by atoms with Crippen molar-refractivity contribution in [3.8, 4) is 0 Å². The molecule has 1 aliphatic heterocycles. The molecular formula is C11H15NO3S. The van der Waals surface area contributed by atoms with E-state index in [9.17, 15) is 13.5 Å². The Morgan fingerprint density at radius 1 is 1.31 bits per heavy atom. The maximum absolute atomic E-state index is 12.0. The van der Waals surface area contributed by atoms with E-state index in [-0.39, 0.29) is 12.3 Å². The van der Waals surface area contributed by atoms with E-state index in [1.165, 1.54) is 4.31 Å². The van der Waals surface area contributed by atoms with Crippen molar-refractivity contribution in [2.24, 2.45) is 0 Å². The lowest BCUT2D eigenvalue weighted by atomic mass is 10.2. The average Bonchev–Trinajstić information content (AvgIpc) is 2.66. The number of benzene rings is 1. The summed E-state index contributed by atoms with van der Waals surface area (Å²) in [5, 5.41) is 9.32. The minimum Gasteiger partial charge on any atom is -0.392 e. The number of aliphatic hydroxyl groups excluding tert-OH is 1. The van der Waals surface area contributed by atoms with Crippen LogP contribution in [-0.2, 0) is 15.8 Å². The zero-order valence-corrected chi connectivity index (χ0v) is 9.73. The fourth-order valence-electron chi connectivity index (χ4n) is 1.84. The lowest BCUT2D eigenvalue weighted by Gasteiger charge is -2.15. The van der Waals surface area contributed by atoms with Crippen LogP contribution in [0.3, 0.4) is 0 Å². The van der Waals surface area contributed by atoms with Crippen molar-refractivity contribution in [3.05, 3.63) is 35.9 Å². The molecule has 1 atom stereocenters. The number of aliphatic hydroxyl groups is 1. The Bertz CT molecular complexity index is 444. The van der Waals surface area contributed by atoms with Gasteiger partial charge in [-0.2, -0.15) is 4.31 Å². The first-order chi connectivity index (χ1) is 7.58. The smallest absolute Gasteiger partial charge is 0.218 e. The highest BCUT2D eigenvalue weighted by atomic mass is 32.2. The zero-order valence-electron chi connectivity index (χ0n) is 8.91. The topological polar surface area (TPSA) is 57.6 Å². The van der Waals surface area contributed by atoms with Gasteiger partial charge in [-0.15, -0.1) is 0 Å². The van der Waals surface area contributed by atoms with Crippen LogP contribution in [0.1, 0.15) is 12.0 Å². The minimum absolute atomic E-state index is 0.0144. The Kier molecular flexibility index (Phi) is 3.28. The first-order valence-electron chi connectivity index (χ1n) is 5.28. The van der Waals surface area contributed by atoms with E-state index in [0.29, 0.717) is 13.0 Å². The van der Waals surface area contributed by atoms with E-state index in [1.807, 2.05) is 18.2 Å². The van der Waals surface area contributed by atoms with Crippen LogP contribution in [0.4, 0.5) is 0 Å². The van der Waals surface area contributed by atoms with Gasteiger partial charge >= 0.3 is 0 Å². The normalized spacial score (nSPS) is 22.4. The maximum atomic E-state index is 12.0. The molecule has 1 aliphatic rings. The van der Waals surface area contributed by atoms with Crippen molar-refractivity contribution in [1.82, 2.24) is 4.31 Å². The standard InChI is InChI=1S/C11H15NO3S/c13-11-6-7-12(8-11)16(14,15)9-10-4-2-1-3-5-10/h1-5,11,13H,6-9H2/t11-/m1/s1. The molecule has 5 heteroatoms. The molecule has 1 N–H and O–H groups in total. The number of hydrogen-bond acceptors (Lipinski definition) is 3. The van der Waals surface area contributed by atoms with Gasteiger partial charge in [0.2, 0.25) is 10.0 Å². The lowest BCUT2D eigenvalue weighted by Crippen LogP contribution is -2.30. The van der Waals surface area contributed by atoms with Crippen molar-refractivity contribution in [3.63, 3.8) is 0 Å². The fraction of sp³-hybridized carbons (Fsp3) is 0.455. The molecule has 2 rings (SSSR count). The molecule has 0 spiro atoms. The van der Waals surface area contributed by atoms with Gasteiger partial charge in [0.05, 0.1) is 11.9 Å². The van der Waals surface area contributed by atoms with Gasteiger partial charge in [0.25, 0.3) is 0 Å². The molecule has 16 heavy (non-hydrogen) atoms. The van der Waals surface area contributed by atoms with Gasteiger partial charge in [0, 0.05) is 13.1 Å². The first kappa shape index (κ1) is 11.6. The summed E-state index contributed by atoms with van der Waals surface area (Å²) in [6.07, 6.45) is 0.0270. The minimum atomic E-state index is -3.27. The van der Waals surface area contributed by atoms with Crippen LogP contribution in [0.15, 0.2) is 30.3 Å². The Labute approximate surface area is 95.6 Å². The summed E-state index contributed by atoms with van der Waals surface area (Å²) in [6.45, 7) is 0.658. The van der Waals surface area contributed by atoms with E-state index >= 15 is 0 Å². The molecule has 0 aliphatic carbocycles. The monoisotopic (exact) mass is 241 g/mol. The molecule has 1 aromatic rings. The Balaban J connectivity index is 2.09. The van der Waals surface area contributed by atoms with Crippen molar-refractivity contribution in [1.29, 1.82) is 0 Å². The molecule has 0 saturated carbocycles. The summed E-state index contributed by atoms with van der Waals surface area (Å²) in [7, 11) is -3.27. The highest BCUT2D eigenvalue weighted by Gasteiger charge is 2.30. The van der Waals surface area contributed by atoms with Crippen LogP contribution in [0, 0.1) is 0 Å². The predicted octanol–water partition coefficient (Wildman–Crippen LogP) is 0.583. The van der Waals surface area contributed by atoms with Gasteiger partial charge in [-0.25, -0.2) is 8.42 Å². The van der Waals surface area contributed by atoms with Gasteiger partial charge in [-0.1, -0.05) is 30.3 Å². The Hall–Kier alpha value is -0.910. The number of hydrogen-bond donors (Lipinski definition) is 1. The van der Waals surface area contributed by atoms with E-state index in [0.717, 1.165) is 5.56 Å². The number of β-amino-alcohol motifs (C(OH)–C–C–N with tert-alkyl or cyclic N) is 1. The molecule has 0 radical (unpaired) electrons. The number of nitrogens with zero attached hydrogens (tertiary/aromatic N) is 1. The molecule has 1 heterocycles. The van der Waals surface area contributed by atoms with Crippen LogP contribution in [-0.4, -0.2) is 37.0 Å². The molecule has 88 valence electrons. The van der Waals surface area contributed by atoms with E-state index in [4.69, 9.17) is 0 Å². The number of sulfonamides is 1. The predicted molar refractivity (Wildman–Crippen MR) is 61.3 cm³/mol. The fourth-order valence-corrected chi connectivity index (χ4v) is 3.42. The van der Waals surface area contributed by atoms with E-state index in [1.54, 1.807) is 12.1 Å². The summed E-state index contributed by atoms with van der Waals surface area (Å²) in [5.41, 5.74) is 0.781. The summed E-state index contributed by atoms with van der Waals surface area (Å²) >= 11 is 0. The van der Waals surface area contributed by atoms with Gasteiger partial charge in [0.15, 0.2) is 0 Å². The first-order valence-corrected chi connectivity index (χ1v) is 6.89. The third kappa shape index (κ3) is 2.61. The van der Waals surface area contributed by atoms with Gasteiger partial charge in [0.1, 0.15) is 0 Å². The third-order valence-electron chi connectivity index (χ3n) is 2.71. The Morgan fingerprint density at radius 2 is 2.00 bits per heavy atom. The van der Waals surface area contributed by atoms with Crippen molar-refractivity contribution < 1.29 is 13.5 Å². The Morgan fingerprint density at radius 3 is 2.56 bits per heavy atom. The summed E-state index contributed by atoms with van der Waals surface area (Å²) in [4.78, 5) is 0. The SMILES string of the molecule is O=S(=O)(Cc1ccccc1)N1CC[C@@H](O)C1. The molecule has 1 saturated heterocycles. The van der Waals surface area contributed by atoms with Crippen LogP contribution < -0.4 is 0 Å². The average molecular weight is 241 g/mol. The summed E-state index contributed by atoms with van der Waals surface area (Å²) in [5.74, 6) is 0.0144. The van der Waals surface area contributed by atoms with Gasteiger partial charge in [-0.05, 0) is 12.0 Å². The molecule has 0 amide bonds. The second-order valence-electron chi connectivity index (χ2n) is 4.04. The highest BCUT2D eigenvalue weighted by molar-refractivity contribution is 7.88. The summed E-state index contributed by atoms with van der Waals surface area (Å²) < 4.78 is 25.3. The largest absolute Gasteiger partial charge is 0.392 e. The second-order valence-corrected chi connectivity index (χ2v) is 6.01. The number of rotatable bonds is 3. The van der Waals surface area contributed by atoms with E-state index < -0.39 is 16.1 Å². The van der Waals surface area contributed by atoms with Gasteiger partial charge in [-0.3, -0.25) is 0 Å². The highest BCUT2D eigenvalue weighted by Crippen LogP contribution is 2.17. The van der Waals surface area contributed by atoms with Crippen molar-refractivity contribution >= 4 is 10.0 Å². The second kappa shape index (κ2) is 4.53. The maximum Gasteiger partial charge on any atom is 0.218 e. The third-order valence-corrected chi connectivity index (χ3v) is 4.53. The molecule has 1 aromatic carbocycles. The molecule has 0 unspecified atom stereocenters. The van der Waals surface area contributed by atoms with Crippen molar-refractivity contribution in [2.75, 3.05) is 13.1 Å². The molecule has 1 fully saturated rings. The molecule has 0 bridgehead atoms. The van der Waals surface area contributed by atoms with Gasteiger partial charge < -0.3 is 5.11 Å². The van der Waals surface area contributed by atoms with Crippen LogP contribution in [0.25, 0.3) is 0 Å². The zero-order chi connectivity index (χ0) is 11.6. The molecular weight excluding hydrogens is 226 g/mol. The summed E-state index contributed by atoms with van der Waals surface area (Å²) in [6, 6.07) is 9.09. The van der Waals surface area contributed by atoms with Crippen LogP contribution in [0.2, 0.25) is 0 Å². The lowest BCUT2D eigenvalue weighted by molar-refractivity contribution is 0.189. The van der Waals surface area contributed by atoms with E-state index in [2.05, 4.69) is 0 Å². The quantitative estimate of drug-likeness (QED) is 0.842. The van der Waals surface area contributed by atoms with Crippen LogP contribution >= 0.6 is 0 Å². The molecule has 0 aromatic heterocycles.